The zero-order chi connectivity index (χ0) is 21.8. The van der Waals surface area contributed by atoms with Crippen LogP contribution in [0.2, 0.25) is 0 Å². The predicted octanol–water partition coefficient (Wildman–Crippen LogP) is 4.75. The third kappa shape index (κ3) is 4.75. The van der Waals surface area contributed by atoms with E-state index < -0.39 is 0 Å². The summed E-state index contributed by atoms with van der Waals surface area (Å²) < 4.78 is 15.8. The topological polar surface area (TPSA) is 67.4 Å². The first-order valence-electron chi connectivity index (χ1n) is 10.3. The number of allylic oxidation sites excluding steroid dienone is 2. The lowest BCUT2D eigenvalue weighted by molar-refractivity contribution is 0.415. The molecule has 158 valence electrons. The maximum absolute atomic E-state index is 15.8. The summed E-state index contributed by atoms with van der Waals surface area (Å²) >= 11 is 0. The number of benzene rings is 1. The van der Waals surface area contributed by atoms with Crippen LogP contribution in [0.3, 0.4) is 0 Å². The van der Waals surface area contributed by atoms with Crippen molar-refractivity contribution in [3.63, 3.8) is 0 Å². The first kappa shape index (κ1) is 21.7. The third-order valence-corrected chi connectivity index (χ3v) is 5.44. The van der Waals surface area contributed by atoms with E-state index in [0.717, 1.165) is 29.9 Å². The Morgan fingerprint density at radius 3 is 2.63 bits per heavy atom. The number of hydrogen-bond acceptors (Lipinski definition) is 5. The van der Waals surface area contributed by atoms with Crippen molar-refractivity contribution < 1.29 is 4.39 Å². The van der Waals surface area contributed by atoms with Crippen LogP contribution in [-0.4, -0.2) is 30.3 Å². The standard InChI is InChI=1S/C24H30FN5/c1-6-22(27-14-15(2)26)20-11-10-19(17-8-7-9-17)21(24(20)25)12-18-13-23(30(4)5)29-16(3)28-18/h6,10-11,13-14,17H,2,7-9,12,26H2,1,3-5H3/b22-6-,27-14?. The molecule has 1 fully saturated rings. The van der Waals surface area contributed by atoms with Crippen LogP contribution in [0.15, 0.2) is 41.5 Å². The highest BCUT2D eigenvalue weighted by Crippen LogP contribution is 2.40. The first-order valence-corrected chi connectivity index (χ1v) is 10.3. The average Bonchev–Trinajstić information content (AvgIpc) is 2.64. The van der Waals surface area contributed by atoms with Crippen LogP contribution in [0.5, 0.6) is 0 Å². The minimum atomic E-state index is -0.241. The van der Waals surface area contributed by atoms with E-state index >= 15 is 4.39 Å². The van der Waals surface area contributed by atoms with Crippen molar-refractivity contribution >= 4 is 17.7 Å². The molecule has 1 saturated carbocycles. The molecule has 1 heterocycles. The van der Waals surface area contributed by atoms with Gasteiger partial charge in [0.2, 0.25) is 0 Å². The van der Waals surface area contributed by atoms with Gasteiger partial charge in [0, 0.05) is 44.1 Å². The van der Waals surface area contributed by atoms with E-state index in [1.54, 1.807) is 6.08 Å². The van der Waals surface area contributed by atoms with Crippen molar-refractivity contribution in [3.8, 4) is 0 Å². The van der Waals surface area contributed by atoms with Crippen LogP contribution in [0.4, 0.5) is 10.2 Å². The van der Waals surface area contributed by atoms with Gasteiger partial charge in [0.05, 0.1) is 11.4 Å². The Bertz CT molecular complexity index is 1000. The van der Waals surface area contributed by atoms with Gasteiger partial charge in [-0.15, -0.1) is 0 Å². The number of aryl methyl sites for hydroxylation is 1. The van der Waals surface area contributed by atoms with Gasteiger partial charge < -0.3 is 10.6 Å². The quantitative estimate of drug-likeness (QED) is 0.673. The molecule has 0 spiro atoms. The zero-order valence-corrected chi connectivity index (χ0v) is 18.2. The Labute approximate surface area is 178 Å². The lowest BCUT2D eigenvalue weighted by Gasteiger charge is -2.29. The summed E-state index contributed by atoms with van der Waals surface area (Å²) in [5.74, 6) is 1.66. The van der Waals surface area contributed by atoms with Gasteiger partial charge in [0.15, 0.2) is 0 Å². The first-order chi connectivity index (χ1) is 14.3. The van der Waals surface area contributed by atoms with E-state index in [1.165, 1.54) is 12.6 Å². The van der Waals surface area contributed by atoms with Crippen molar-refractivity contribution in [2.45, 2.75) is 45.4 Å². The highest BCUT2D eigenvalue weighted by Gasteiger charge is 2.26. The monoisotopic (exact) mass is 407 g/mol. The average molecular weight is 408 g/mol. The fraction of sp³-hybridized carbons (Fsp3) is 0.375. The molecule has 1 aliphatic carbocycles. The number of halogens is 1. The number of hydrogen-bond donors (Lipinski definition) is 1. The van der Waals surface area contributed by atoms with E-state index in [1.807, 2.05) is 45.0 Å². The highest BCUT2D eigenvalue weighted by atomic mass is 19.1. The molecular weight excluding hydrogens is 377 g/mol. The minimum absolute atomic E-state index is 0.241. The van der Waals surface area contributed by atoms with Crippen molar-refractivity contribution in [3.05, 3.63) is 70.6 Å². The number of aliphatic imine (C=N–C) groups is 1. The van der Waals surface area contributed by atoms with Crippen LogP contribution in [0, 0.1) is 12.7 Å². The van der Waals surface area contributed by atoms with E-state index in [9.17, 15) is 0 Å². The number of nitrogens with zero attached hydrogens (tertiary/aromatic N) is 4. The second-order valence-corrected chi connectivity index (χ2v) is 7.97. The molecule has 1 aromatic carbocycles. The largest absolute Gasteiger partial charge is 0.398 e. The maximum Gasteiger partial charge on any atom is 0.136 e. The van der Waals surface area contributed by atoms with Gasteiger partial charge in [-0.3, -0.25) is 4.99 Å². The fourth-order valence-corrected chi connectivity index (χ4v) is 3.68. The van der Waals surface area contributed by atoms with Crippen molar-refractivity contribution in [2.24, 2.45) is 10.7 Å². The van der Waals surface area contributed by atoms with Crippen LogP contribution in [0.1, 0.15) is 60.3 Å². The summed E-state index contributed by atoms with van der Waals surface area (Å²) in [6.45, 7) is 7.33. The molecule has 0 atom stereocenters. The Balaban J connectivity index is 2.08. The summed E-state index contributed by atoms with van der Waals surface area (Å²) in [7, 11) is 3.88. The molecule has 3 rings (SSSR count). The van der Waals surface area contributed by atoms with Crippen molar-refractivity contribution in [1.82, 2.24) is 9.97 Å². The molecule has 0 saturated heterocycles. The fourth-order valence-electron chi connectivity index (χ4n) is 3.68. The molecule has 0 radical (unpaired) electrons. The normalized spacial score (nSPS) is 14.8. The summed E-state index contributed by atoms with van der Waals surface area (Å²) in [5, 5.41) is 0. The lowest BCUT2D eigenvalue weighted by Crippen LogP contribution is -2.15. The van der Waals surface area contributed by atoms with E-state index in [2.05, 4.69) is 27.6 Å². The second-order valence-electron chi connectivity index (χ2n) is 7.97. The van der Waals surface area contributed by atoms with E-state index in [0.29, 0.717) is 40.7 Å². The molecule has 6 heteroatoms. The smallest absolute Gasteiger partial charge is 0.136 e. The Morgan fingerprint density at radius 2 is 2.07 bits per heavy atom. The molecule has 1 aliphatic rings. The Hall–Kier alpha value is -3.02. The lowest BCUT2D eigenvalue weighted by atomic mass is 9.77. The number of nitrogens with two attached hydrogens (primary N) is 1. The third-order valence-electron chi connectivity index (χ3n) is 5.44. The van der Waals surface area contributed by atoms with Crippen LogP contribution >= 0.6 is 0 Å². The van der Waals surface area contributed by atoms with Gasteiger partial charge in [-0.25, -0.2) is 14.4 Å². The second kappa shape index (κ2) is 9.20. The van der Waals surface area contributed by atoms with Gasteiger partial charge in [0.25, 0.3) is 0 Å². The van der Waals surface area contributed by atoms with Gasteiger partial charge in [-0.2, -0.15) is 0 Å². The zero-order valence-electron chi connectivity index (χ0n) is 18.2. The molecule has 0 aliphatic heterocycles. The predicted molar refractivity (Wildman–Crippen MR) is 122 cm³/mol. The van der Waals surface area contributed by atoms with E-state index in [-0.39, 0.29) is 5.82 Å². The molecule has 1 aromatic heterocycles. The Kier molecular flexibility index (Phi) is 6.65. The van der Waals surface area contributed by atoms with Gasteiger partial charge >= 0.3 is 0 Å². The minimum Gasteiger partial charge on any atom is -0.398 e. The number of aromatic nitrogens is 2. The molecule has 0 amide bonds. The molecule has 2 N–H and O–H groups in total. The summed E-state index contributed by atoms with van der Waals surface area (Å²) in [5.41, 5.74) is 9.51. The van der Waals surface area contributed by atoms with Gasteiger partial charge in [-0.05, 0) is 49.8 Å². The SMILES string of the molecule is C=C(N)C=N/C(=C\C)c1ccc(C2CCC2)c(Cc2cc(N(C)C)nc(C)n2)c1F. The van der Waals surface area contributed by atoms with E-state index in [4.69, 9.17) is 5.73 Å². The van der Waals surface area contributed by atoms with Crippen molar-refractivity contribution in [1.29, 1.82) is 0 Å². The summed E-state index contributed by atoms with van der Waals surface area (Å²) in [4.78, 5) is 15.3. The van der Waals surface area contributed by atoms with Gasteiger partial charge in [-0.1, -0.05) is 25.1 Å². The van der Waals surface area contributed by atoms with Crippen LogP contribution in [-0.2, 0) is 6.42 Å². The molecule has 30 heavy (non-hydrogen) atoms. The Morgan fingerprint density at radius 1 is 1.33 bits per heavy atom. The number of anilines is 1. The molecule has 0 bridgehead atoms. The highest BCUT2D eigenvalue weighted by molar-refractivity contribution is 5.83. The molecule has 0 unspecified atom stereocenters. The van der Waals surface area contributed by atoms with Crippen LogP contribution in [0.25, 0.3) is 5.70 Å². The van der Waals surface area contributed by atoms with Crippen molar-refractivity contribution in [2.75, 3.05) is 19.0 Å². The number of rotatable bonds is 7. The maximum atomic E-state index is 15.8. The summed E-state index contributed by atoms with van der Waals surface area (Å²) in [6.07, 6.45) is 7.03. The summed E-state index contributed by atoms with van der Waals surface area (Å²) in [6, 6.07) is 5.81. The molecule has 5 nitrogen and oxygen atoms in total. The van der Waals surface area contributed by atoms with Crippen LogP contribution < -0.4 is 10.6 Å². The van der Waals surface area contributed by atoms with Gasteiger partial charge in [0.1, 0.15) is 17.5 Å². The molecular formula is C24H30FN5. The molecule has 2 aromatic rings.